The SMILES string of the molecule is CC(C1CC1)N(C)c1ccc(N)cc1C(F)F. The molecular weight excluding hydrogens is 222 g/mol. The van der Waals surface area contributed by atoms with Gasteiger partial charge in [-0.1, -0.05) is 0 Å². The lowest BCUT2D eigenvalue weighted by molar-refractivity contribution is 0.152. The van der Waals surface area contributed by atoms with Gasteiger partial charge in [-0.2, -0.15) is 0 Å². The second-order valence-corrected chi connectivity index (χ2v) is 4.81. The molecule has 17 heavy (non-hydrogen) atoms. The molecule has 2 rings (SSSR count). The highest BCUT2D eigenvalue weighted by atomic mass is 19.3. The monoisotopic (exact) mass is 240 g/mol. The summed E-state index contributed by atoms with van der Waals surface area (Å²) in [5, 5.41) is 0. The van der Waals surface area contributed by atoms with Gasteiger partial charge in [-0.3, -0.25) is 0 Å². The maximum Gasteiger partial charge on any atom is 0.265 e. The number of hydrogen-bond donors (Lipinski definition) is 1. The van der Waals surface area contributed by atoms with E-state index in [4.69, 9.17) is 5.73 Å². The second-order valence-electron chi connectivity index (χ2n) is 4.81. The van der Waals surface area contributed by atoms with Crippen molar-refractivity contribution in [3.8, 4) is 0 Å². The fourth-order valence-corrected chi connectivity index (χ4v) is 2.18. The van der Waals surface area contributed by atoms with E-state index in [1.165, 1.54) is 18.9 Å². The first kappa shape index (κ1) is 12.1. The summed E-state index contributed by atoms with van der Waals surface area (Å²) in [5.74, 6) is 0.642. The molecule has 4 heteroatoms. The second kappa shape index (κ2) is 4.51. The molecule has 0 radical (unpaired) electrons. The molecule has 1 aliphatic rings. The van der Waals surface area contributed by atoms with Gasteiger partial charge < -0.3 is 10.6 Å². The fourth-order valence-electron chi connectivity index (χ4n) is 2.18. The zero-order valence-corrected chi connectivity index (χ0v) is 10.2. The average molecular weight is 240 g/mol. The summed E-state index contributed by atoms with van der Waals surface area (Å²) in [6.07, 6.45) is -0.0861. The van der Waals surface area contributed by atoms with E-state index in [1.807, 2.05) is 11.9 Å². The number of benzene rings is 1. The van der Waals surface area contributed by atoms with Crippen LogP contribution in [0.2, 0.25) is 0 Å². The molecule has 0 bridgehead atoms. The first-order chi connectivity index (χ1) is 8.00. The van der Waals surface area contributed by atoms with E-state index in [2.05, 4.69) is 6.92 Å². The summed E-state index contributed by atoms with van der Waals surface area (Å²) in [6, 6.07) is 5.04. The van der Waals surface area contributed by atoms with E-state index in [-0.39, 0.29) is 5.56 Å². The molecule has 0 spiro atoms. The van der Waals surface area contributed by atoms with Crippen molar-refractivity contribution in [2.45, 2.75) is 32.2 Å². The van der Waals surface area contributed by atoms with Crippen LogP contribution in [0.5, 0.6) is 0 Å². The predicted octanol–water partition coefficient (Wildman–Crippen LogP) is 3.44. The minimum absolute atomic E-state index is 0.0278. The van der Waals surface area contributed by atoms with Crippen LogP contribution < -0.4 is 10.6 Å². The van der Waals surface area contributed by atoms with Crippen LogP contribution in [0.25, 0.3) is 0 Å². The van der Waals surface area contributed by atoms with Crippen molar-refractivity contribution >= 4 is 11.4 Å². The van der Waals surface area contributed by atoms with E-state index < -0.39 is 6.43 Å². The van der Waals surface area contributed by atoms with Crippen LogP contribution >= 0.6 is 0 Å². The van der Waals surface area contributed by atoms with Crippen LogP contribution in [0.1, 0.15) is 31.8 Å². The third-order valence-corrected chi connectivity index (χ3v) is 3.58. The Morgan fingerprint density at radius 3 is 2.53 bits per heavy atom. The van der Waals surface area contributed by atoms with Crippen molar-refractivity contribution in [2.75, 3.05) is 17.7 Å². The first-order valence-electron chi connectivity index (χ1n) is 5.91. The Kier molecular flexibility index (Phi) is 3.22. The molecule has 1 unspecified atom stereocenters. The third kappa shape index (κ3) is 2.51. The molecule has 1 aromatic carbocycles. The van der Waals surface area contributed by atoms with Gasteiger partial charge in [0.1, 0.15) is 0 Å². The van der Waals surface area contributed by atoms with E-state index in [9.17, 15) is 8.78 Å². The van der Waals surface area contributed by atoms with Crippen molar-refractivity contribution in [2.24, 2.45) is 5.92 Å². The van der Waals surface area contributed by atoms with Crippen molar-refractivity contribution in [1.82, 2.24) is 0 Å². The van der Waals surface area contributed by atoms with Crippen molar-refractivity contribution in [3.63, 3.8) is 0 Å². The van der Waals surface area contributed by atoms with Gasteiger partial charge in [0.15, 0.2) is 0 Å². The minimum atomic E-state index is -2.48. The number of rotatable bonds is 4. The first-order valence-corrected chi connectivity index (χ1v) is 5.91. The molecule has 2 N–H and O–H groups in total. The van der Waals surface area contributed by atoms with Crippen molar-refractivity contribution in [1.29, 1.82) is 0 Å². The van der Waals surface area contributed by atoms with Crippen LogP contribution in [0.4, 0.5) is 20.2 Å². The number of nitrogens with zero attached hydrogens (tertiary/aromatic N) is 1. The molecule has 0 saturated heterocycles. The summed E-state index contributed by atoms with van der Waals surface area (Å²) < 4.78 is 25.9. The Morgan fingerprint density at radius 1 is 1.35 bits per heavy atom. The normalized spacial score (nSPS) is 17.2. The summed E-state index contributed by atoms with van der Waals surface area (Å²) >= 11 is 0. The maximum atomic E-state index is 13.0. The minimum Gasteiger partial charge on any atom is -0.399 e. The lowest BCUT2D eigenvalue weighted by Gasteiger charge is -2.29. The standard InChI is InChI=1S/C13H18F2N2/c1-8(9-3-4-9)17(2)12-6-5-10(16)7-11(12)13(14)15/h5-9,13H,3-4,16H2,1-2H3. The predicted molar refractivity (Wildman–Crippen MR) is 66.4 cm³/mol. The molecule has 1 aromatic rings. The molecule has 0 aromatic heterocycles. The highest BCUT2D eigenvalue weighted by molar-refractivity contribution is 5.60. The van der Waals surface area contributed by atoms with Crippen LogP contribution in [0, 0.1) is 5.92 Å². The zero-order chi connectivity index (χ0) is 12.6. The average Bonchev–Trinajstić information content (AvgIpc) is 3.10. The Hall–Kier alpha value is -1.32. The van der Waals surface area contributed by atoms with E-state index in [0.717, 1.165) is 0 Å². The number of halogens is 2. The van der Waals surface area contributed by atoms with Crippen molar-refractivity contribution in [3.05, 3.63) is 23.8 Å². The molecule has 1 atom stereocenters. The molecule has 1 fully saturated rings. The van der Waals surface area contributed by atoms with Crippen LogP contribution in [-0.4, -0.2) is 13.1 Å². The van der Waals surface area contributed by atoms with E-state index >= 15 is 0 Å². The summed E-state index contributed by atoms with van der Waals surface area (Å²) in [4.78, 5) is 1.94. The quantitative estimate of drug-likeness (QED) is 0.817. The van der Waals surface area contributed by atoms with Gasteiger partial charge in [0.05, 0.1) is 0 Å². The fraction of sp³-hybridized carbons (Fsp3) is 0.538. The molecule has 1 aliphatic carbocycles. The van der Waals surface area contributed by atoms with Gasteiger partial charge in [0.2, 0.25) is 0 Å². The van der Waals surface area contributed by atoms with Crippen LogP contribution in [0.3, 0.4) is 0 Å². The van der Waals surface area contributed by atoms with Crippen LogP contribution in [0.15, 0.2) is 18.2 Å². The molecule has 0 aliphatic heterocycles. The lowest BCUT2D eigenvalue weighted by atomic mass is 10.1. The number of nitrogen functional groups attached to an aromatic ring is 1. The summed E-state index contributed by atoms with van der Waals surface area (Å²) in [7, 11) is 1.88. The molecule has 0 heterocycles. The smallest absolute Gasteiger partial charge is 0.265 e. The van der Waals surface area contributed by atoms with Gasteiger partial charge in [0, 0.05) is 30.0 Å². The molecule has 0 amide bonds. The van der Waals surface area contributed by atoms with Gasteiger partial charge in [-0.05, 0) is 43.9 Å². The Morgan fingerprint density at radius 2 is 2.00 bits per heavy atom. The molecule has 94 valence electrons. The summed E-state index contributed by atoms with van der Waals surface area (Å²) in [6.45, 7) is 2.09. The van der Waals surface area contributed by atoms with Gasteiger partial charge >= 0.3 is 0 Å². The van der Waals surface area contributed by atoms with Crippen molar-refractivity contribution < 1.29 is 8.78 Å². The largest absolute Gasteiger partial charge is 0.399 e. The Labute approximate surface area is 100 Å². The zero-order valence-electron chi connectivity index (χ0n) is 10.2. The molecule has 2 nitrogen and oxygen atoms in total. The number of alkyl halides is 2. The number of hydrogen-bond acceptors (Lipinski definition) is 2. The van der Waals surface area contributed by atoms with E-state index in [1.54, 1.807) is 12.1 Å². The molecule has 1 saturated carbocycles. The topological polar surface area (TPSA) is 29.3 Å². The third-order valence-electron chi connectivity index (χ3n) is 3.58. The van der Waals surface area contributed by atoms with Crippen LogP contribution in [-0.2, 0) is 0 Å². The van der Waals surface area contributed by atoms with Gasteiger partial charge in [-0.25, -0.2) is 8.78 Å². The van der Waals surface area contributed by atoms with E-state index in [0.29, 0.717) is 23.3 Å². The highest BCUT2D eigenvalue weighted by Gasteiger charge is 2.31. The Bertz CT molecular complexity index is 402. The number of nitrogens with two attached hydrogens (primary N) is 1. The Balaban J connectivity index is 2.29. The number of anilines is 2. The highest BCUT2D eigenvalue weighted by Crippen LogP contribution is 2.39. The van der Waals surface area contributed by atoms with Gasteiger partial charge in [-0.15, -0.1) is 0 Å². The molecular formula is C13H18F2N2. The lowest BCUT2D eigenvalue weighted by Crippen LogP contribution is -2.31. The summed E-state index contributed by atoms with van der Waals surface area (Å²) in [5.41, 5.74) is 6.57. The maximum absolute atomic E-state index is 13.0. The van der Waals surface area contributed by atoms with Gasteiger partial charge in [0.25, 0.3) is 6.43 Å².